The van der Waals surface area contributed by atoms with E-state index >= 15 is 0 Å². The number of ether oxygens (including phenoxy) is 2. The molecule has 0 aromatic carbocycles. The highest BCUT2D eigenvalue weighted by Gasteiger charge is 2.41. The van der Waals surface area contributed by atoms with Gasteiger partial charge in [-0.05, 0) is 83.8 Å². The van der Waals surface area contributed by atoms with Gasteiger partial charge in [-0.25, -0.2) is 9.59 Å². The van der Waals surface area contributed by atoms with Crippen LogP contribution in [0.3, 0.4) is 0 Å². The Hall–Kier alpha value is -1.84. The summed E-state index contributed by atoms with van der Waals surface area (Å²) < 4.78 is 11.9. The van der Waals surface area contributed by atoms with Gasteiger partial charge in [0.15, 0.2) is 0 Å². The summed E-state index contributed by atoms with van der Waals surface area (Å²) in [6.45, 7) is 12.8. The topological polar surface area (TPSA) is 52.6 Å². The van der Waals surface area contributed by atoms with E-state index in [-0.39, 0.29) is 11.9 Å². The predicted octanol–water partition coefficient (Wildman–Crippen LogP) is 5.58. The first-order valence-electron chi connectivity index (χ1n) is 10.2. The van der Waals surface area contributed by atoms with E-state index < -0.39 is 11.2 Å². The molecule has 0 bridgehead atoms. The van der Waals surface area contributed by atoms with Gasteiger partial charge in [-0.1, -0.05) is 26.0 Å². The molecule has 0 saturated heterocycles. The van der Waals surface area contributed by atoms with Gasteiger partial charge in [-0.15, -0.1) is 0 Å². The van der Waals surface area contributed by atoms with Crippen LogP contribution in [0.1, 0.15) is 85.0 Å². The molecule has 2 aliphatic rings. The van der Waals surface area contributed by atoms with E-state index in [0.717, 1.165) is 69.8 Å². The summed E-state index contributed by atoms with van der Waals surface area (Å²) in [7, 11) is 0. The Labute approximate surface area is 163 Å². The largest absolute Gasteiger partial charge is 0.451 e. The van der Waals surface area contributed by atoms with E-state index in [1.807, 2.05) is 6.92 Å². The Morgan fingerprint density at radius 1 is 0.741 bits per heavy atom. The lowest BCUT2D eigenvalue weighted by atomic mass is 9.75. The van der Waals surface area contributed by atoms with E-state index in [4.69, 9.17) is 9.47 Å². The Morgan fingerprint density at radius 2 is 1.19 bits per heavy atom. The summed E-state index contributed by atoms with van der Waals surface area (Å²) in [6, 6.07) is 0. The van der Waals surface area contributed by atoms with Crippen LogP contribution >= 0.6 is 0 Å². The minimum atomic E-state index is -0.627. The standard InChI is InChI=1S/C23H34O4/c1-17(2)20(24)26-22(12-8-6-9-13-22)16-19(5)23(14-10-7-11-15-23)27-21(25)18(3)4/h16H,1,3,6-15H2,2,4-5H3/b19-16-. The summed E-state index contributed by atoms with van der Waals surface area (Å²) in [6.07, 6.45) is 11.7. The molecule has 2 aliphatic carbocycles. The molecular weight excluding hydrogens is 340 g/mol. The molecule has 0 heterocycles. The van der Waals surface area contributed by atoms with Crippen LogP contribution in [-0.4, -0.2) is 23.1 Å². The fraction of sp³-hybridized carbons (Fsp3) is 0.652. The minimum Gasteiger partial charge on any atom is -0.451 e. The maximum Gasteiger partial charge on any atom is 0.333 e. The van der Waals surface area contributed by atoms with Crippen molar-refractivity contribution in [1.82, 2.24) is 0 Å². The zero-order valence-electron chi connectivity index (χ0n) is 17.2. The molecule has 4 nitrogen and oxygen atoms in total. The Bertz CT molecular complexity index is 629. The van der Waals surface area contributed by atoms with Gasteiger partial charge in [0.2, 0.25) is 0 Å². The van der Waals surface area contributed by atoms with E-state index in [1.165, 1.54) is 0 Å². The van der Waals surface area contributed by atoms with Crippen LogP contribution in [0.5, 0.6) is 0 Å². The summed E-state index contributed by atoms with van der Waals surface area (Å²) in [5.74, 6) is -0.696. The highest BCUT2D eigenvalue weighted by atomic mass is 16.6. The van der Waals surface area contributed by atoms with E-state index in [1.54, 1.807) is 13.8 Å². The number of esters is 2. The summed E-state index contributed by atoms with van der Waals surface area (Å²) >= 11 is 0. The molecule has 0 aromatic rings. The van der Waals surface area contributed by atoms with Gasteiger partial charge >= 0.3 is 11.9 Å². The molecule has 0 aliphatic heterocycles. The van der Waals surface area contributed by atoms with Gasteiger partial charge in [0.25, 0.3) is 0 Å². The lowest BCUT2D eigenvalue weighted by molar-refractivity contribution is -0.156. The second-order valence-corrected chi connectivity index (χ2v) is 8.35. The quantitative estimate of drug-likeness (QED) is 0.346. The fourth-order valence-electron chi connectivity index (χ4n) is 4.19. The van der Waals surface area contributed by atoms with Gasteiger partial charge < -0.3 is 9.47 Å². The second kappa shape index (κ2) is 8.90. The summed E-state index contributed by atoms with van der Waals surface area (Å²) in [5.41, 5.74) is 0.571. The molecule has 0 aromatic heterocycles. The van der Waals surface area contributed by atoms with Crippen LogP contribution in [0.2, 0.25) is 0 Å². The second-order valence-electron chi connectivity index (χ2n) is 8.35. The van der Waals surface area contributed by atoms with E-state index in [2.05, 4.69) is 19.2 Å². The van der Waals surface area contributed by atoms with Crippen molar-refractivity contribution in [1.29, 1.82) is 0 Å². The maximum atomic E-state index is 12.3. The number of carbonyl (C=O) groups excluding carboxylic acids is 2. The number of rotatable bonds is 6. The zero-order valence-corrected chi connectivity index (χ0v) is 17.2. The lowest BCUT2D eigenvalue weighted by Gasteiger charge is -2.41. The first-order chi connectivity index (χ1) is 12.7. The van der Waals surface area contributed by atoms with Gasteiger partial charge in [-0.2, -0.15) is 0 Å². The maximum absolute atomic E-state index is 12.3. The zero-order chi connectivity index (χ0) is 20.1. The van der Waals surface area contributed by atoms with Crippen molar-refractivity contribution >= 4 is 11.9 Å². The molecular formula is C23H34O4. The lowest BCUT2D eigenvalue weighted by Crippen LogP contribution is -2.42. The minimum absolute atomic E-state index is 0.346. The fourth-order valence-corrected chi connectivity index (χ4v) is 4.19. The predicted molar refractivity (Wildman–Crippen MR) is 107 cm³/mol. The Balaban J connectivity index is 2.36. The van der Waals surface area contributed by atoms with Crippen molar-refractivity contribution in [2.45, 2.75) is 96.2 Å². The van der Waals surface area contributed by atoms with Crippen LogP contribution in [0.25, 0.3) is 0 Å². The van der Waals surface area contributed by atoms with Crippen LogP contribution in [0, 0.1) is 0 Å². The number of hydrogen-bond acceptors (Lipinski definition) is 4. The van der Waals surface area contributed by atoms with Gasteiger partial charge in [0, 0.05) is 11.1 Å². The smallest absolute Gasteiger partial charge is 0.333 e. The van der Waals surface area contributed by atoms with Gasteiger partial charge in [0.05, 0.1) is 0 Å². The average Bonchev–Trinajstić information content (AvgIpc) is 2.62. The Morgan fingerprint density at radius 3 is 1.67 bits per heavy atom. The molecule has 0 spiro atoms. The summed E-state index contributed by atoms with van der Waals surface area (Å²) in [4.78, 5) is 24.6. The van der Waals surface area contributed by atoms with Crippen molar-refractivity contribution in [2.24, 2.45) is 0 Å². The Kier molecular flexibility index (Phi) is 7.07. The van der Waals surface area contributed by atoms with Crippen molar-refractivity contribution < 1.29 is 19.1 Å². The first kappa shape index (κ1) is 21.5. The highest BCUT2D eigenvalue weighted by Crippen LogP contribution is 2.42. The molecule has 0 N–H and O–H groups in total. The first-order valence-corrected chi connectivity index (χ1v) is 10.2. The number of carbonyl (C=O) groups is 2. The number of hydrogen-bond donors (Lipinski definition) is 0. The van der Waals surface area contributed by atoms with Crippen LogP contribution < -0.4 is 0 Å². The monoisotopic (exact) mass is 374 g/mol. The average molecular weight is 375 g/mol. The third kappa shape index (κ3) is 5.33. The van der Waals surface area contributed by atoms with Gasteiger partial charge in [-0.3, -0.25) is 0 Å². The van der Waals surface area contributed by atoms with Crippen LogP contribution in [0.15, 0.2) is 36.0 Å². The van der Waals surface area contributed by atoms with Crippen LogP contribution in [-0.2, 0) is 19.1 Å². The molecule has 0 atom stereocenters. The summed E-state index contributed by atoms with van der Waals surface area (Å²) in [5, 5.41) is 0. The van der Waals surface area contributed by atoms with Crippen LogP contribution in [0.4, 0.5) is 0 Å². The van der Waals surface area contributed by atoms with Crippen molar-refractivity contribution in [3.63, 3.8) is 0 Å². The normalized spacial score (nSPS) is 21.8. The molecule has 2 rings (SSSR count). The van der Waals surface area contributed by atoms with E-state index in [0.29, 0.717) is 11.1 Å². The van der Waals surface area contributed by atoms with Crippen molar-refractivity contribution in [3.05, 3.63) is 36.0 Å². The van der Waals surface area contributed by atoms with E-state index in [9.17, 15) is 9.59 Å². The molecule has 150 valence electrons. The SMILES string of the molecule is C=C(C)C(=O)OC1(/C=C(/C)C2(OC(=O)C(=C)C)CCCCC2)CCCCC1. The molecule has 2 saturated carbocycles. The molecule has 0 amide bonds. The third-order valence-corrected chi connectivity index (χ3v) is 5.84. The molecule has 27 heavy (non-hydrogen) atoms. The van der Waals surface area contributed by atoms with Crippen molar-refractivity contribution in [2.75, 3.05) is 0 Å². The molecule has 2 fully saturated rings. The van der Waals surface area contributed by atoms with Crippen molar-refractivity contribution in [3.8, 4) is 0 Å². The van der Waals surface area contributed by atoms with Gasteiger partial charge in [0.1, 0.15) is 11.2 Å². The molecule has 0 unspecified atom stereocenters. The highest BCUT2D eigenvalue weighted by molar-refractivity contribution is 5.88. The third-order valence-electron chi connectivity index (χ3n) is 5.84. The molecule has 4 heteroatoms. The molecule has 0 radical (unpaired) electrons.